The molecular weight excluding hydrogens is 322 g/mol. The Balaban J connectivity index is 0.00000242. The molecule has 0 aromatic carbocycles. The largest absolute Gasteiger partial charge is 0.373 e. The fourth-order valence-corrected chi connectivity index (χ4v) is 3.38. The molecule has 0 spiro atoms. The van der Waals surface area contributed by atoms with Gasteiger partial charge in [-0.05, 0) is 19.3 Å². The van der Waals surface area contributed by atoms with Crippen LogP contribution in [-0.4, -0.2) is 29.6 Å². The van der Waals surface area contributed by atoms with E-state index in [-0.39, 0.29) is 23.9 Å². The van der Waals surface area contributed by atoms with Gasteiger partial charge in [0.1, 0.15) is 10.7 Å². The quantitative estimate of drug-likeness (QED) is 0.795. The number of hydrogen-bond donors (Lipinski definition) is 2. The minimum absolute atomic E-state index is 0. The van der Waals surface area contributed by atoms with E-state index in [1.54, 1.807) is 5.38 Å². The van der Waals surface area contributed by atoms with Gasteiger partial charge in [0, 0.05) is 25.1 Å². The number of thiazole rings is 1. The molecule has 1 saturated carbocycles. The maximum absolute atomic E-state index is 12.2. The van der Waals surface area contributed by atoms with Gasteiger partial charge < -0.3 is 15.8 Å². The Morgan fingerprint density at radius 2 is 2.18 bits per heavy atom. The van der Waals surface area contributed by atoms with Crippen molar-refractivity contribution < 1.29 is 9.53 Å². The number of rotatable bonds is 7. The van der Waals surface area contributed by atoms with E-state index >= 15 is 0 Å². The van der Waals surface area contributed by atoms with Crippen LogP contribution >= 0.6 is 23.7 Å². The van der Waals surface area contributed by atoms with E-state index < -0.39 is 0 Å². The number of halogens is 1. The number of carbonyl (C=O) groups excluding carboxylic acids is 1. The molecule has 1 aliphatic carbocycles. The highest BCUT2D eigenvalue weighted by Gasteiger charge is 2.33. The molecular formula is C15H26ClN3O2S. The monoisotopic (exact) mass is 347 g/mol. The predicted octanol–water partition coefficient (Wildman–Crippen LogP) is 2.88. The van der Waals surface area contributed by atoms with E-state index in [0.29, 0.717) is 18.8 Å². The highest BCUT2D eigenvalue weighted by molar-refractivity contribution is 7.09. The molecule has 0 bridgehead atoms. The van der Waals surface area contributed by atoms with Gasteiger partial charge in [-0.15, -0.1) is 23.7 Å². The maximum atomic E-state index is 12.2. The van der Waals surface area contributed by atoms with Crippen molar-refractivity contribution in [2.24, 2.45) is 5.73 Å². The number of aromatic nitrogens is 1. The zero-order chi connectivity index (χ0) is 15.1. The third-order valence-corrected chi connectivity index (χ3v) is 4.78. The zero-order valence-corrected chi connectivity index (χ0v) is 14.7. The molecule has 0 atom stereocenters. The molecule has 1 aromatic rings. The summed E-state index contributed by atoms with van der Waals surface area (Å²) in [6.45, 7) is 3.81. The molecule has 22 heavy (non-hydrogen) atoms. The predicted molar refractivity (Wildman–Crippen MR) is 91.6 cm³/mol. The second-order valence-electron chi connectivity index (χ2n) is 5.61. The van der Waals surface area contributed by atoms with Crippen molar-refractivity contribution in [3.05, 3.63) is 16.1 Å². The topological polar surface area (TPSA) is 77.2 Å². The van der Waals surface area contributed by atoms with Crippen LogP contribution in [-0.2, 0) is 11.3 Å². The van der Waals surface area contributed by atoms with E-state index in [0.717, 1.165) is 30.9 Å². The first kappa shape index (κ1) is 19.4. The number of amides is 1. The molecule has 1 aliphatic rings. The van der Waals surface area contributed by atoms with Crippen molar-refractivity contribution in [1.29, 1.82) is 0 Å². The van der Waals surface area contributed by atoms with Crippen molar-refractivity contribution in [1.82, 2.24) is 10.3 Å². The Morgan fingerprint density at radius 1 is 1.45 bits per heavy atom. The Kier molecular flexibility index (Phi) is 8.31. The van der Waals surface area contributed by atoms with Gasteiger partial charge in [0.25, 0.3) is 5.91 Å². The highest BCUT2D eigenvalue weighted by atomic mass is 35.5. The van der Waals surface area contributed by atoms with Crippen molar-refractivity contribution in [2.45, 2.75) is 57.6 Å². The molecule has 1 amide bonds. The van der Waals surface area contributed by atoms with Crippen LogP contribution < -0.4 is 11.1 Å². The van der Waals surface area contributed by atoms with Gasteiger partial charge in [-0.3, -0.25) is 4.79 Å². The lowest BCUT2D eigenvalue weighted by atomic mass is 9.84. The van der Waals surface area contributed by atoms with E-state index in [4.69, 9.17) is 10.5 Å². The van der Waals surface area contributed by atoms with Gasteiger partial charge in [0.15, 0.2) is 0 Å². The van der Waals surface area contributed by atoms with E-state index in [1.807, 2.05) is 0 Å². The van der Waals surface area contributed by atoms with Crippen LogP contribution in [0.5, 0.6) is 0 Å². The van der Waals surface area contributed by atoms with Crippen LogP contribution in [0.2, 0.25) is 0 Å². The Hall–Kier alpha value is -0.690. The molecule has 1 aromatic heterocycles. The number of hydrogen-bond acceptors (Lipinski definition) is 5. The molecule has 0 aliphatic heterocycles. The zero-order valence-electron chi connectivity index (χ0n) is 13.1. The lowest BCUT2D eigenvalue weighted by Crippen LogP contribution is -2.46. The Bertz CT molecular complexity index is 461. The van der Waals surface area contributed by atoms with Crippen LogP contribution in [0.3, 0.4) is 0 Å². The normalized spacial score (nSPS) is 16.8. The smallest absolute Gasteiger partial charge is 0.270 e. The third kappa shape index (κ3) is 5.19. The SMILES string of the molecule is CCCOC1(CNC(=O)c2csc(CN)n2)CCCCC1.Cl. The summed E-state index contributed by atoms with van der Waals surface area (Å²) in [7, 11) is 0. The minimum atomic E-state index is -0.184. The Morgan fingerprint density at radius 3 is 2.77 bits per heavy atom. The van der Waals surface area contributed by atoms with Crippen molar-refractivity contribution in [3.63, 3.8) is 0 Å². The van der Waals surface area contributed by atoms with Gasteiger partial charge in [-0.2, -0.15) is 0 Å². The highest BCUT2D eigenvalue weighted by Crippen LogP contribution is 2.31. The summed E-state index contributed by atoms with van der Waals surface area (Å²) >= 11 is 1.42. The van der Waals surface area contributed by atoms with Crippen molar-refractivity contribution in [3.8, 4) is 0 Å². The summed E-state index contributed by atoms with van der Waals surface area (Å²) in [5.41, 5.74) is 5.80. The summed E-state index contributed by atoms with van der Waals surface area (Å²) in [6.07, 6.45) is 6.66. The molecule has 0 radical (unpaired) electrons. The number of ether oxygens (including phenoxy) is 1. The van der Waals surface area contributed by atoms with Gasteiger partial charge in [-0.25, -0.2) is 4.98 Å². The molecule has 7 heteroatoms. The van der Waals surface area contributed by atoms with Gasteiger partial charge in [0.2, 0.25) is 0 Å². The lowest BCUT2D eigenvalue weighted by Gasteiger charge is -2.37. The number of nitrogens with two attached hydrogens (primary N) is 1. The van der Waals surface area contributed by atoms with Crippen molar-refractivity contribution in [2.75, 3.05) is 13.2 Å². The summed E-state index contributed by atoms with van der Waals surface area (Å²) in [5, 5.41) is 5.54. The fourth-order valence-electron chi connectivity index (χ4n) is 2.73. The molecule has 1 fully saturated rings. The average Bonchev–Trinajstić information content (AvgIpc) is 3.01. The number of carbonyl (C=O) groups is 1. The summed E-state index contributed by atoms with van der Waals surface area (Å²) in [6, 6.07) is 0. The van der Waals surface area contributed by atoms with Gasteiger partial charge in [0.05, 0.1) is 5.60 Å². The molecule has 0 saturated heterocycles. The van der Waals surface area contributed by atoms with Gasteiger partial charge in [-0.1, -0.05) is 26.2 Å². The first-order chi connectivity index (χ1) is 10.2. The van der Waals surface area contributed by atoms with Crippen LogP contribution in [0.15, 0.2) is 5.38 Å². The summed E-state index contributed by atoms with van der Waals surface area (Å²) < 4.78 is 6.08. The van der Waals surface area contributed by atoms with Crippen LogP contribution in [0.25, 0.3) is 0 Å². The average molecular weight is 348 g/mol. The Labute approximate surface area is 142 Å². The second-order valence-corrected chi connectivity index (χ2v) is 6.55. The second kappa shape index (κ2) is 9.45. The number of nitrogens with one attached hydrogen (secondary N) is 1. The standard InChI is InChI=1S/C15H25N3O2S.ClH/c1-2-8-20-15(6-4-3-5-7-15)11-17-14(19)12-10-21-13(9-16)18-12;/h10H,2-9,11,16H2,1H3,(H,17,19);1H. The summed E-state index contributed by atoms with van der Waals surface area (Å²) in [4.78, 5) is 16.4. The van der Waals surface area contributed by atoms with E-state index in [1.165, 1.54) is 30.6 Å². The molecule has 3 N–H and O–H groups in total. The number of nitrogens with zero attached hydrogens (tertiary/aromatic N) is 1. The van der Waals surface area contributed by atoms with Crippen LogP contribution in [0, 0.1) is 0 Å². The first-order valence-electron chi connectivity index (χ1n) is 7.76. The van der Waals surface area contributed by atoms with Crippen LogP contribution in [0.1, 0.15) is 60.9 Å². The van der Waals surface area contributed by atoms with E-state index in [2.05, 4.69) is 17.2 Å². The van der Waals surface area contributed by atoms with Crippen molar-refractivity contribution >= 4 is 29.7 Å². The lowest BCUT2D eigenvalue weighted by molar-refractivity contribution is -0.0669. The molecule has 5 nitrogen and oxygen atoms in total. The summed E-state index contributed by atoms with van der Waals surface area (Å²) in [5.74, 6) is -0.129. The van der Waals surface area contributed by atoms with Gasteiger partial charge >= 0.3 is 0 Å². The molecule has 2 rings (SSSR count). The minimum Gasteiger partial charge on any atom is -0.373 e. The molecule has 0 unspecified atom stereocenters. The maximum Gasteiger partial charge on any atom is 0.270 e. The van der Waals surface area contributed by atoms with E-state index in [9.17, 15) is 4.79 Å². The molecule has 126 valence electrons. The fraction of sp³-hybridized carbons (Fsp3) is 0.733. The van der Waals surface area contributed by atoms with Crippen LogP contribution in [0.4, 0.5) is 0 Å². The first-order valence-corrected chi connectivity index (χ1v) is 8.64. The molecule has 1 heterocycles. The third-order valence-electron chi connectivity index (χ3n) is 3.91.